The number of hydrogen-bond acceptors (Lipinski definition) is 7. The second-order valence-electron chi connectivity index (χ2n) is 11.1. The molecule has 2 aliphatic heterocycles. The van der Waals surface area contributed by atoms with Crippen molar-refractivity contribution < 1.29 is 33.3 Å². The van der Waals surface area contributed by atoms with Crippen molar-refractivity contribution in [3.63, 3.8) is 0 Å². The van der Waals surface area contributed by atoms with Crippen molar-refractivity contribution in [2.45, 2.75) is 33.3 Å². The van der Waals surface area contributed by atoms with Gasteiger partial charge in [-0.2, -0.15) is 0 Å². The van der Waals surface area contributed by atoms with E-state index >= 15 is 0 Å². The molecule has 0 fully saturated rings. The molecule has 1 spiro atoms. The van der Waals surface area contributed by atoms with Crippen molar-refractivity contribution in [1.82, 2.24) is 0 Å². The van der Waals surface area contributed by atoms with Gasteiger partial charge in [0.15, 0.2) is 5.60 Å². The van der Waals surface area contributed by atoms with E-state index in [1.807, 2.05) is 12.1 Å². The summed E-state index contributed by atoms with van der Waals surface area (Å²) in [5.74, 6) is 0.325. The predicted molar refractivity (Wildman–Crippen MR) is 142 cm³/mol. The molecule has 39 heavy (non-hydrogen) atoms. The van der Waals surface area contributed by atoms with Gasteiger partial charge in [0, 0.05) is 28.8 Å². The van der Waals surface area contributed by atoms with Gasteiger partial charge in [-0.3, -0.25) is 9.59 Å². The van der Waals surface area contributed by atoms with Gasteiger partial charge >= 0.3 is 5.97 Å². The minimum absolute atomic E-state index is 0.0638. The summed E-state index contributed by atoms with van der Waals surface area (Å²) in [5, 5.41) is 0. The summed E-state index contributed by atoms with van der Waals surface area (Å²) in [7, 11) is 0. The number of rotatable bonds is 8. The predicted octanol–water partition coefficient (Wildman–Crippen LogP) is 4.04. The van der Waals surface area contributed by atoms with Crippen molar-refractivity contribution in [3.05, 3.63) is 82.9 Å². The molecule has 3 aromatic rings. The van der Waals surface area contributed by atoms with Crippen LogP contribution in [0, 0.1) is 10.8 Å². The van der Waals surface area contributed by atoms with Crippen molar-refractivity contribution >= 4 is 17.8 Å². The van der Waals surface area contributed by atoms with Crippen LogP contribution < -0.4 is 25.7 Å². The smallest absolute Gasteiger partial charge is 0.340 e. The number of benzene rings is 3. The van der Waals surface area contributed by atoms with Crippen LogP contribution in [0.5, 0.6) is 23.0 Å². The van der Waals surface area contributed by atoms with Gasteiger partial charge in [0.25, 0.3) is 0 Å². The van der Waals surface area contributed by atoms with Crippen LogP contribution in [0.2, 0.25) is 0 Å². The Morgan fingerprint density at radius 1 is 0.769 bits per heavy atom. The molecule has 3 aromatic carbocycles. The third-order valence-corrected chi connectivity index (χ3v) is 7.19. The number of fused-ring (bicyclic) bond motifs is 6. The quantitative estimate of drug-likeness (QED) is 0.419. The molecule has 0 radical (unpaired) electrons. The van der Waals surface area contributed by atoms with Gasteiger partial charge in [0.1, 0.15) is 36.2 Å². The highest BCUT2D eigenvalue weighted by Gasteiger charge is 2.53. The lowest BCUT2D eigenvalue weighted by Crippen LogP contribution is -2.37. The highest BCUT2D eigenvalue weighted by Crippen LogP contribution is 2.57. The average Bonchev–Trinajstić information content (AvgIpc) is 3.19. The molecule has 202 valence electrons. The molecular weight excluding hydrogens is 500 g/mol. The summed E-state index contributed by atoms with van der Waals surface area (Å²) < 4.78 is 24.3. The number of nitrogens with two attached hydrogens (primary N) is 2. The minimum atomic E-state index is -1.26. The SMILES string of the molecule is CC(C)(COc1ccc2c(c1)Oc1cc(OCC(C)(C)C(N)=O)ccc1C21OC(=O)c2ccccc21)C(N)=O. The molecule has 0 aliphatic carbocycles. The van der Waals surface area contributed by atoms with Gasteiger partial charge in [-0.1, -0.05) is 18.2 Å². The van der Waals surface area contributed by atoms with Crippen LogP contribution in [0.25, 0.3) is 0 Å². The fourth-order valence-electron chi connectivity index (χ4n) is 4.49. The highest BCUT2D eigenvalue weighted by atomic mass is 16.6. The Hall–Kier alpha value is -4.53. The number of carbonyl (C=O) groups excluding carboxylic acids is 3. The molecule has 0 saturated carbocycles. The molecule has 4 N–H and O–H groups in total. The molecule has 0 bridgehead atoms. The maximum Gasteiger partial charge on any atom is 0.340 e. The second kappa shape index (κ2) is 9.04. The first kappa shape index (κ1) is 26.1. The first-order chi connectivity index (χ1) is 18.3. The minimum Gasteiger partial charge on any atom is -0.492 e. The number of hydrogen-bond donors (Lipinski definition) is 2. The third kappa shape index (κ3) is 4.33. The van der Waals surface area contributed by atoms with Crippen LogP contribution in [-0.4, -0.2) is 31.0 Å². The molecule has 2 amide bonds. The molecule has 0 aromatic heterocycles. The van der Waals surface area contributed by atoms with Gasteiger partial charge in [-0.25, -0.2) is 4.79 Å². The normalized spacial score (nSPS) is 14.9. The van der Waals surface area contributed by atoms with E-state index in [1.54, 1.807) is 76.2 Å². The maximum absolute atomic E-state index is 13.0. The maximum atomic E-state index is 13.0. The van der Waals surface area contributed by atoms with Gasteiger partial charge in [-0.15, -0.1) is 0 Å². The van der Waals surface area contributed by atoms with Gasteiger partial charge < -0.3 is 30.4 Å². The van der Waals surface area contributed by atoms with Crippen molar-refractivity contribution in [1.29, 1.82) is 0 Å². The number of esters is 1. The Bertz CT molecular complexity index is 1430. The summed E-state index contributed by atoms with van der Waals surface area (Å²) in [6.07, 6.45) is 0. The van der Waals surface area contributed by atoms with E-state index in [2.05, 4.69) is 0 Å². The van der Waals surface area contributed by atoms with Crippen LogP contribution in [0.1, 0.15) is 54.7 Å². The topological polar surface area (TPSA) is 140 Å². The van der Waals surface area contributed by atoms with Crippen LogP contribution in [0.3, 0.4) is 0 Å². The molecule has 2 aliphatic rings. The zero-order valence-corrected chi connectivity index (χ0v) is 22.2. The van der Waals surface area contributed by atoms with Gasteiger partial charge in [0.05, 0.1) is 16.4 Å². The van der Waals surface area contributed by atoms with Gasteiger partial charge in [0.2, 0.25) is 11.8 Å². The molecule has 5 rings (SSSR count). The number of carbonyl (C=O) groups is 3. The van der Waals surface area contributed by atoms with E-state index in [9.17, 15) is 14.4 Å². The van der Waals surface area contributed by atoms with E-state index in [4.69, 9.17) is 30.4 Å². The third-order valence-electron chi connectivity index (χ3n) is 7.19. The zero-order chi connectivity index (χ0) is 28.2. The Balaban J connectivity index is 1.58. The lowest BCUT2D eigenvalue weighted by atomic mass is 9.77. The van der Waals surface area contributed by atoms with E-state index in [-0.39, 0.29) is 13.2 Å². The Kier molecular flexibility index (Phi) is 6.05. The fraction of sp³-hybridized carbons (Fsp3) is 0.300. The van der Waals surface area contributed by atoms with E-state index in [0.29, 0.717) is 45.3 Å². The molecule has 0 saturated heterocycles. The van der Waals surface area contributed by atoms with Crippen LogP contribution in [0.15, 0.2) is 60.7 Å². The summed E-state index contributed by atoms with van der Waals surface area (Å²) in [4.78, 5) is 36.5. The van der Waals surface area contributed by atoms with Crippen molar-refractivity contribution in [2.75, 3.05) is 13.2 Å². The Morgan fingerprint density at radius 3 is 1.74 bits per heavy atom. The average molecular weight is 531 g/mol. The largest absolute Gasteiger partial charge is 0.492 e. The Morgan fingerprint density at radius 2 is 1.26 bits per heavy atom. The Labute approximate surface area is 226 Å². The van der Waals surface area contributed by atoms with E-state index < -0.39 is 34.2 Å². The van der Waals surface area contributed by atoms with Crippen molar-refractivity contribution in [2.24, 2.45) is 22.3 Å². The van der Waals surface area contributed by atoms with E-state index in [0.717, 1.165) is 0 Å². The molecule has 9 heteroatoms. The lowest BCUT2D eigenvalue weighted by molar-refractivity contribution is -0.128. The zero-order valence-electron chi connectivity index (χ0n) is 22.2. The number of amides is 2. The molecule has 0 unspecified atom stereocenters. The highest BCUT2D eigenvalue weighted by molar-refractivity contribution is 5.97. The monoisotopic (exact) mass is 530 g/mol. The van der Waals surface area contributed by atoms with Crippen molar-refractivity contribution in [3.8, 4) is 23.0 Å². The summed E-state index contributed by atoms with van der Waals surface area (Å²) >= 11 is 0. The second-order valence-corrected chi connectivity index (χ2v) is 11.1. The molecule has 2 heterocycles. The van der Waals surface area contributed by atoms with Crippen LogP contribution in [-0.2, 0) is 19.9 Å². The summed E-state index contributed by atoms with van der Waals surface area (Å²) in [5.41, 5.74) is 10.4. The fourth-order valence-corrected chi connectivity index (χ4v) is 4.49. The number of primary amides is 2. The first-order valence-electron chi connectivity index (χ1n) is 12.5. The van der Waals surface area contributed by atoms with E-state index in [1.165, 1.54) is 0 Å². The first-order valence-corrected chi connectivity index (χ1v) is 12.5. The van der Waals surface area contributed by atoms with Crippen LogP contribution >= 0.6 is 0 Å². The standard InChI is InChI=1S/C30H30N2O7/c1-28(2,26(31)34)15-36-17-9-11-21-23(13-17)38-24-14-18(37-16-29(3,4)27(32)35)10-12-22(24)30(21)20-8-6-5-7-19(20)25(33)39-30/h5-14H,15-16H2,1-4H3,(H2,31,34)(H2,32,35). The van der Waals surface area contributed by atoms with Crippen LogP contribution in [0.4, 0.5) is 0 Å². The molecule has 0 atom stereocenters. The molecular formula is C30H30N2O7. The van der Waals surface area contributed by atoms with Gasteiger partial charge in [-0.05, 0) is 58.0 Å². The lowest BCUT2D eigenvalue weighted by Gasteiger charge is -2.37. The summed E-state index contributed by atoms with van der Waals surface area (Å²) in [6.45, 7) is 6.93. The summed E-state index contributed by atoms with van der Waals surface area (Å²) in [6, 6.07) is 17.7. The number of ether oxygens (including phenoxy) is 4. The molecule has 9 nitrogen and oxygen atoms in total.